The maximum atomic E-state index is 10.9. The number of hydrogen-bond acceptors (Lipinski definition) is 4. The highest BCUT2D eigenvalue weighted by atomic mass is 32.1. The number of benzene rings is 1. The molecule has 0 spiro atoms. The van der Waals surface area contributed by atoms with E-state index >= 15 is 0 Å². The number of aromatic nitrogens is 1. The molecule has 4 nitrogen and oxygen atoms in total. The van der Waals surface area contributed by atoms with Gasteiger partial charge in [0.15, 0.2) is 5.13 Å². The normalized spacial score (nSPS) is 12.1. The molecule has 2 N–H and O–H groups in total. The van der Waals surface area contributed by atoms with Crippen LogP contribution in [0.3, 0.4) is 0 Å². The van der Waals surface area contributed by atoms with Crippen molar-refractivity contribution in [2.75, 3.05) is 5.32 Å². The Morgan fingerprint density at radius 1 is 1.39 bits per heavy atom. The lowest BCUT2D eigenvalue weighted by Gasteiger charge is -2.12. The van der Waals surface area contributed by atoms with E-state index in [1.54, 1.807) is 6.92 Å². The van der Waals surface area contributed by atoms with Crippen molar-refractivity contribution in [3.8, 4) is 0 Å². The van der Waals surface area contributed by atoms with E-state index < -0.39 is 5.97 Å². The second-order valence-electron chi connectivity index (χ2n) is 4.02. The lowest BCUT2D eigenvalue weighted by Crippen LogP contribution is -2.05. The molecule has 1 aromatic heterocycles. The molecule has 5 heteroatoms. The summed E-state index contributed by atoms with van der Waals surface area (Å²) in [7, 11) is 0. The number of rotatable bonds is 4. The molecule has 2 rings (SSSR count). The third-order valence-electron chi connectivity index (χ3n) is 2.63. The van der Waals surface area contributed by atoms with Gasteiger partial charge in [0, 0.05) is 0 Å². The van der Waals surface area contributed by atoms with Gasteiger partial charge in [-0.05, 0) is 19.4 Å². The highest BCUT2D eigenvalue weighted by molar-refractivity contribution is 7.17. The van der Waals surface area contributed by atoms with E-state index in [9.17, 15) is 4.79 Å². The summed E-state index contributed by atoms with van der Waals surface area (Å²) in [4.78, 5) is 15.4. The van der Waals surface area contributed by atoms with Crippen LogP contribution in [0, 0.1) is 6.92 Å². The molecular formula is C13H14N2O2S. The van der Waals surface area contributed by atoms with Gasteiger partial charge in [-0.2, -0.15) is 0 Å². The highest BCUT2D eigenvalue weighted by Crippen LogP contribution is 2.26. The Hall–Kier alpha value is -1.88. The van der Waals surface area contributed by atoms with Gasteiger partial charge in [-0.3, -0.25) is 0 Å². The third kappa shape index (κ3) is 2.68. The van der Waals surface area contributed by atoms with Crippen LogP contribution in [0.25, 0.3) is 0 Å². The molecule has 0 radical (unpaired) electrons. The average Bonchev–Trinajstić information content (AvgIpc) is 2.71. The van der Waals surface area contributed by atoms with Gasteiger partial charge in [-0.25, -0.2) is 9.78 Å². The Morgan fingerprint density at radius 2 is 2.06 bits per heavy atom. The Morgan fingerprint density at radius 3 is 2.61 bits per heavy atom. The molecule has 0 saturated heterocycles. The molecule has 1 heterocycles. The highest BCUT2D eigenvalue weighted by Gasteiger charge is 2.15. The van der Waals surface area contributed by atoms with Gasteiger partial charge >= 0.3 is 5.97 Å². The van der Waals surface area contributed by atoms with Crippen LogP contribution < -0.4 is 5.32 Å². The van der Waals surface area contributed by atoms with Gasteiger partial charge in [-0.1, -0.05) is 41.7 Å². The molecule has 0 aliphatic carbocycles. The number of carboxylic acid groups (broad SMARTS) is 1. The van der Waals surface area contributed by atoms with Crippen LogP contribution in [0.15, 0.2) is 30.3 Å². The zero-order valence-electron chi connectivity index (χ0n) is 10.2. The molecule has 0 saturated carbocycles. The smallest absolute Gasteiger partial charge is 0.347 e. The number of anilines is 1. The topological polar surface area (TPSA) is 62.2 Å². The van der Waals surface area contributed by atoms with E-state index in [4.69, 9.17) is 5.11 Å². The van der Waals surface area contributed by atoms with Gasteiger partial charge in [0.25, 0.3) is 0 Å². The number of carboxylic acids is 1. The fourth-order valence-corrected chi connectivity index (χ4v) is 2.56. The van der Waals surface area contributed by atoms with Gasteiger partial charge in [-0.15, -0.1) is 0 Å². The summed E-state index contributed by atoms with van der Waals surface area (Å²) in [6.45, 7) is 3.73. The monoisotopic (exact) mass is 262 g/mol. The third-order valence-corrected chi connectivity index (χ3v) is 3.71. The van der Waals surface area contributed by atoms with Crippen LogP contribution in [-0.2, 0) is 0 Å². The van der Waals surface area contributed by atoms with Crippen molar-refractivity contribution in [2.45, 2.75) is 19.9 Å². The Bertz CT molecular complexity index is 551. The standard InChI is InChI=1S/C13H14N2O2S/c1-8(10-6-4-3-5-7-10)14-13-15-9(2)11(18-13)12(16)17/h3-8H,1-2H3,(H,14,15)(H,16,17)/t8-/m0/s1. The van der Waals surface area contributed by atoms with Crippen LogP contribution in [0.4, 0.5) is 5.13 Å². The van der Waals surface area contributed by atoms with E-state index in [1.165, 1.54) is 11.3 Å². The Labute approximate surface area is 109 Å². The maximum absolute atomic E-state index is 10.9. The van der Waals surface area contributed by atoms with Crippen LogP contribution >= 0.6 is 11.3 Å². The zero-order valence-corrected chi connectivity index (χ0v) is 11.0. The molecule has 94 valence electrons. The molecule has 1 atom stereocenters. The van der Waals surface area contributed by atoms with Gasteiger partial charge in [0.1, 0.15) is 4.88 Å². The molecule has 2 aromatic rings. The fourth-order valence-electron chi connectivity index (χ4n) is 1.67. The Kier molecular flexibility index (Phi) is 3.62. The molecule has 18 heavy (non-hydrogen) atoms. The SMILES string of the molecule is Cc1nc(N[C@@H](C)c2ccccc2)sc1C(=O)O. The predicted molar refractivity (Wildman–Crippen MR) is 72.3 cm³/mol. The van der Waals surface area contributed by atoms with Gasteiger partial charge in [0.05, 0.1) is 11.7 Å². The zero-order chi connectivity index (χ0) is 13.1. The van der Waals surface area contributed by atoms with Gasteiger partial charge < -0.3 is 10.4 Å². The quantitative estimate of drug-likeness (QED) is 0.887. The van der Waals surface area contributed by atoms with Crippen LogP contribution in [-0.4, -0.2) is 16.1 Å². The molecule has 0 aliphatic rings. The van der Waals surface area contributed by atoms with Crippen LogP contribution in [0.2, 0.25) is 0 Å². The first-order valence-electron chi connectivity index (χ1n) is 5.60. The van der Waals surface area contributed by atoms with Crippen LogP contribution in [0.5, 0.6) is 0 Å². The summed E-state index contributed by atoms with van der Waals surface area (Å²) in [6.07, 6.45) is 0. The summed E-state index contributed by atoms with van der Waals surface area (Å²) in [5, 5.41) is 12.8. The minimum Gasteiger partial charge on any atom is -0.477 e. The average molecular weight is 262 g/mol. The molecule has 1 aromatic carbocycles. The molecule has 0 bridgehead atoms. The van der Waals surface area contributed by atoms with E-state index in [2.05, 4.69) is 10.3 Å². The number of nitrogens with one attached hydrogen (secondary N) is 1. The van der Waals surface area contributed by atoms with E-state index in [0.717, 1.165) is 5.56 Å². The first-order valence-corrected chi connectivity index (χ1v) is 6.42. The summed E-state index contributed by atoms with van der Waals surface area (Å²) in [5.41, 5.74) is 1.69. The lowest BCUT2D eigenvalue weighted by molar-refractivity contribution is 0.0701. The van der Waals surface area contributed by atoms with E-state index in [0.29, 0.717) is 10.8 Å². The summed E-state index contributed by atoms with van der Waals surface area (Å²) in [5.74, 6) is -0.926. The predicted octanol–water partition coefficient (Wildman–Crippen LogP) is 3.32. The lowest BCUT2D eigenvalue weighted by atomic mass is 10.1. The summed E-state index contributed by atoms with van der Waals surface area (Å²) >= 11 is 1.17. The summed E-state index contributed by atoms with van der Waals surface area (Å²) in [6, 6.07) is 10.1. The number of aryl methyl sites for hydroxylation is 1. The molecular weight excluding hydrogens is 248 g/mol. The second kappa shape index (κ2) is 5.18. The number of aromatic carboxylic acids is 1. The fraction of sp³-hybridized carbons (Fsp3) is 0.231. The number of nitrogens with zero attached hydrogens (tertiary/aromatic N) is 1. The van der Waals surface area contributed by atoms with E-state index in [1.807, 2.05) is 37.3 Å². The number of carbonyl (C=O) groups is 1. The van der Waals surface area contributed by atoms with Crippen molar-refractivity contribution in [3.63, 3.8) is 0 Å². The molecule has 0 unspecified atom stereocenters. The van der Waals surface area contributed by atoms with Gasteiger partial charge in [0.2, 0.25) is 0 Å². The number of hydrogen-bond donors (Lipinski definition) is 2. The molecule has 0 fully saturated rings. The maximum Gasteiger partial charge on any atom is 0.347 e. The Balaban J connectivity index is 2.15. The van der Waals surface area contributed by atoms with Crippen molar-refractivity contribution < 1.29 is 9.90 Å². The minimum absolute atomic E-state index is 0.0957. The van der Waals surface area contributed by atoms with Crippen molar-refractivity contribution in [1.29, 1.82) is 0 Å². The van der Waals surface area contributed by atoms with Crippen molar-refractivity contribution in [1.82, 2.24) is 4.98 Å². The van der Waals surface area contributed by atoms with Crippen molar-refractivity contribution in [3.05, 3.63) is 46.5 Å². The first-order chi connectivity index (χ1) is 8.58. The van der Waals surface area contributed by atoms with E-state index in [-0.39, 0.29) is 10.9 Å². The van der Waals surface area contributed by atoms with Crippen LogP contribution in [0.1, 0.15) is 33.9 Å². The number of thiazole rings is 1. The largest absolute Gasteiger partial charge is 0.477 e. The van der Waals surface area contributed by atoms with Crippen molar-refractivity contribution in [2.24, 2.45) is 0 Å². The first kappa shape index (κ1) is 12.6. The summed E-state index contributed by atoms with van der Waals surface area (Å²) < 4.78 is 0. The van der Waals surface area contributed by atoms with Crippen molar-refractivity contribution >= 4 is 22.4 Å². The molecule has 0 amide bonds. The molecule has 0 aliphatic heterocycles. The second-order valence-corrected chi connectivity index (χ2v) is 5.01. The minimum atomic E-state index is -0.926.